The summed E-state index contributed by atoms with van der Waals surface area (Å²) in [7, 11) is -0.439. The van der Waals surface area contributed by atoms with Crippen LogP contribution >= 0.6 is 11.3 Å². The molecule has 0 saturated heterocycles. The number of sulfonamides is 1. The van der Waals surface area contributed by atoms with E-state index in [0.29, 0.717) is 48.2 Å². The summed E-state index contributed by atoms with van der Waals surface area (Å²) in [4.78, 5) is 27.9. The zero-order chi connectivity index (χ0) is 41.9. The third kappa shape index (κ3) is 6.86. The summed E-state index contributed by atoms with van der Waals surface area (Å²) in [5.74, 6) is -8.97. The van der Waals surface area contributed by atoms with Crippen LogP contribution in [-0.2, 0) is 54.0 Å². The maximum Gasteiger partial charge on any atom is 0.435 e. The Labute approximate surface area is 333 Å². The van der Waals surface area contributed by atoms with Gasteiger partial charge in [-0.25, -0.2) is 32.2 Å². The van der Waals surface area contributed by atoms with Gasteiger partial charge in [0.2, 0.25) is 15.9 Å². The summed E-state index contributed by atoms with van der Waals surface area (Å²) in [6, 6.07) is 8.01. The van der Waals surface area contributed by atoms with Crippen molar-refractivity contribution < 1.29 is 43.9 Å². The van der Waals surface area contributed by atoms with E-state index < -0.39 is 81.0 Å². The average molecular weight is 859 g/mol. The minimum absolute atomic E-state index is 0.0113. The van der Waals surface area contributed by atoms with Crippen LogP contribution < -0.4 is 10.0 Å². The van der Waals surface area contributed by atoms with Crippen LogP contribution in [-0.4, -0.2) is 59.7 Å². The van der Waals surface area contributed by atoms with Crippen LogP contribution in [0.3, 0.4) is 0 Å². The smallest absolute Gasteiger partial charge is 0.346 e. The number of halogens is 7. The van der Waals surface area contributed by atoms with Gasteiger partial charge in [0.05, 0.1) is 34.5 Å². The van der Waals surface area contributed by atoms with Crippen LogP contribution in [0.5, 0.6) is 0 Å². The van der Waals surface area contributed by atoms with Gasteiger partial charge in [0, 0.05) is 54.4 Å². The molecule has 1 amide bonds. The molecule has 1 unspecified atom stereocenters. The van der Waals surface area contributed by atoms with E-state index in [-0.39, 0.29) is 35.6 Å². The summed E-state index contributed by atoms with van der Waals surface area (Å²) in [5.41, 5.74) is -1.14. The molecule has 0 radical (unpaired) electrons. The second-order valence-corrected chi connectivity index (χ2v) is 17.5. The van der Waals surface area contributed by atoms with E-state index in [1.165, 1.54) is 16.0 Å². The number of imidazole rings is 1. The SMILES string of the molecule is Cn1cnc(-c2nc3nc(C(Cc4cc(F)cc(F)c4)NC(=O)Cn4nc(C(F)(F)F)c5c4C(F)(F)[C@@H]4C[C@H]54)c(-c4cccc5c(NS(C)(=O)=O)nn(C)c45)cc3s2)c1. The number of anilines is 1. The first-order valence-corrected chi connectivity index (χ1v) is 20.5. The van der Waals surface area contributed by atoms with E-state index in [1.807, 2.05) is 0 Å². The number of aryl methyl sites for hydroxylation is 2. The standard InChI is InChI=1S/C37H29F7N10O3S2/c1-52-13-25(45-15-52)35-48-34-26(58-35)12-21(19-5-4-6-20-30(19)53(2)50-33(20)51-59(3,56)57)29(47-34)24(9-16-7-17(38)10-18(39)8-16)46-27(55)14-54-32-28(31(49-54)37(42,43)44)22-11-23(22)36(32,40)41/h4-8,10,12-13,15,22-24H,9,11,14H2,1-3H3,(H,46,55)(H,50,51)/t22-,23+,24?/m0/s1. The first-order chi connectivity index (χ1) is 27.7. The van der Waals surface area contributed by atoms with Crippen molar-refractivity contribution in [2.24, 2.45) is 20.0 Å². The largest absolute Gasteiger partial charge is 0.435 e. The van der Waals surface area contributed by atoms with Crippen LogP contribution in [0.25, 0.3) is 43.1 Å². The lowest BCUT2D eigenvalue weighted by Crippen LogP contribution is -2.35. The number of amides is 1. The number of rotatable bonds is 10. The molecule has 5 aromatic heterocycles. The lowest BCUT2D eigenvalue weighted by atomic mass is 9.94. The maximum atomic E-state index is 15.4. The summed E-state index contributed by atoms with van der Waals surface area (Å²) in [6.45, 7) is -1.06. The molecule has 2 aromatic carbocycles. The predicted octanol–water partition coefficient (Wildman–Crippen LogP) is 6.82. The number of hydrogen-bond donors (Lipinski definition) is 2. The van der Waals surface area contributed by atoms with Gasteiger partial charge in [0.15, 0.2) is 17.2 Å². The highest BCUT2D eigenvalue weighted by Crippen LogP contribution is 2.68. The van der Waals surface area contributed by atoms with Crippen molar-refractivity contribution in [1.82, 2.24) is 44.4 Å². The predicted molar refractivity (Wildman–Crippen MR) is 201 cm³/mol. The lowest BCUT2D eigenvalue weighted by Gasteiger charge is -2.23. The van der Waals surface area contributed by atoms with Crippen molar-refractivity contribution >= 4 is 54.3 Å². The number of nitrogens with one attached hydrogen (secondary N) is 2. The lowest BCUT2D eigenvalue weighted by molar-refractivity contribution is -0.142. The van der Waals surface area contributed by atoms with Crippen molar-refractivity contribution in [3.8, 4) is 21.8 Å². The van der Waals surface area contributed by atoms with Gasteiger partial charge < -0.3 is 9.88 Å². The van der Waals surface area contributed by atoms with Crippen LogP contribution in [0, 0.1) is 17.6 Å². The van der Waals surface area contributed by atoms with Gasteiger partial charge in [-0.3, -0.25) is 18.9 Å². The molecule has 9 rings (SSSR count). The molecule has 0 bridgehead atoms. The second-order valence-electron chi connectivity index (χ2n) is 14.7. The van der Waals surface area contributed by atoms with Gasteiger partial charge in [-0.2, -0.15) is 32.1 Å². The molecule has 0 spiro atoms. The van der Waals surface area contributed by atoms with Crippen LogP contribution in [0.15, 0.2) is 55.0 Å². The van der Waals surface area contributed by atoms with E-state index >= 15 is 8.78 Å². The van der Waals surface area contributed by atoms with E-state index in [2.05, 4.69) is 30.2 Å². The van der Waals surface area contributed by atoms with E-state index in [1.54, 1.807) is 55.5 Å². The Morgan fingerprint density at radius 3 is 2.47 bits per heavy atom. The monoisotopic (exact) mass is 858 g/mol. The number of alkyl halides is 5. The number of aromatic nitrogens is 8. The second kappa shape index (κ2) is 13.3. The number of benzene rings is 2. The Morgan fingerprint density at radius 1 is 1.05 bits per heavy atom. The molecular formula is C37H29F7N10O3S2. The van der Waals surface area contributed by atoms with Gasteiger partial charge in [-0.15, -0.1) is 11.3 Å². The Hall–Kier alpha value is -5.90. The Morgan fingerprint density at radius 2 is 1.80 bits per heavy atom. The summed E-state index contributed by atoms with van der Waals surface area (Å²) >= 11 is 1.23. The third-order valence-electron chi connectivity index (χ3n) is 10.3. The molecule has 2 aliphatic rings. The van der Waals surface area contributed by atoms with Crippen molar-refractivity contribution in [1.29, 1.82) is 0 Å². The molecule has 1 saturated carbocycles. The number of fused-ring (bicyclic) bond motifs is 5. The van der Waals surface area contributed by atoms with Crippen molar-refractivity contribution in [2.75, 3.05) is 11.0 Å². The fourth-order valence-corrected chi connectivity index (χ4v) is 9.36. The number of thiazole rings is 1. The fraction of sp³-hybridized carbons (Fsp3) is 0.297. The minimum atomic E-state index is -5.07. The molecule has 13 nitrogen and oxygen atoms in total. The number of hydrogen-bond acceptors (Lipinski definition) is 9. The number of carbonyl (C=O) groups excluding carboxylic acids is 1. The molecule has 2 aliphatic carbocycles. The van der Waals surface area contributed by atoms with Gasteiger partial charge in [-0.1, -0.05) is 12.1 Å². The third-order valence-corrected chi connectivity index (χ3v) is 11.9. The highest BCUT2D eigenvalue weighted by atomic mass is 32.2. The Kier molecular flexibility index (Phi) is 8.71. The van der Waals surface area contributed by atoms with Crippen LogP contribution in [0.2, 0.25) is 0 Å². The highest BCUT2D eigenvalue weighted by Gasteiger charge is 2.68. The van der Waals surface area contributed by atoms with E-state index in [0.717, 1.165) is 18.4 Å². The molecule has 3 atom stereocenters. The first kappa shape index (κ1) is 38.6. The van der Waals surface area contributed by atoms with Gasteiger partial charge in [0.1, 0.15) is 34.6 Å². The average Bonchev–Trinajstić information content (AvgIpc) is 3.43. The molecule has 1 fully saturated rings. The minimum Gasteiger partial charge on any atom is -0.346 e. The number of para-hydroxylation sites is 1. The molecule has 59 heavy (non-hydrogen) atoms. The van der Waals surface area contributed by atoms with Crippen molar-refractivity contribution in [2.45, 2.75) is 43.4 Å². The summed E-state index contributed by atoms with van der Waals surface area (Å²) in [5, 5.41) is 11.4. The Bertz CT molecular complexity index is 2970. The topological polar surface area (TPSA) is 155 Å². The van der Waals surface area contributed by atoms with Crippen LogP contribution in [0.1, 0.15) is 46.6 Å². The molecule has 5 heterocycles. The zero-order valence-corrected chi connectivity index (χ0v) is 32.4. The highest BCUT2D eigenvalue weighted by molar-refractivity contribution is 7.92. The molecule has 306 valence electrons. The molecule has 7 aromatic rings. The number of carbonyl (C=O) groups is 1. The quantitative estimate of drug-likeness (QED) is 0.142. The molecular weight excluding hydrogens is 830 g/mol. The molecule has 22 heteroatoms. The first-order valence-electron chi connectivity index (χ1n) is 17.8. The fourth-order valence-electron chi connectivity index (χ4n) is 7.95. The summed E-state index contributed by atoms with van der Waals surface area (Å²) in [6.07, 6.45) is -1.29. The maximum absolute atomic E-state index is 15.4. The zero-order valence-electron chi connectivity index (χ0n) is 30.8. The number of pyridine rings is 1. The molecule has 2 N–H and O–H groups in total. The van der Waals surface area contributed by atoms with Crippen LogP contribution in [0.4, 0.5) is 36.6 Å². The van der Waals surface area contributed by atoms with Crippen molar-refractivity contribution in [3.63, 3.8) is 0 Å². The van der Waals surface area contributed by atoms with Gasteiger partial charge in [0.25, 0.3) is 5.92 Å². The van der Waals surface area contributed by atoms with Gasteiger partial charge in [-0.05, 0) is 48.6 Å². The number of nitrogens with zero attached hydrogens (tertiary/aromatic N) is 8. The summed E-state index contributed by atoms with van der Waals surface area (Å²) < 4.78 is 133. The molecule has 0 aliphatic heterocycles. The van der Waals surface area contributed by atoms with Crippen molar-refractivity contribution in [3.05, 3.63) is 94.8 Å². The van der Waals surface area contributed by atoms with E-state index in [9.17, 15) is 35.2 Å². The Balaban J connectivity index is 1.21. The van der Waals surface area contributed by atoms with Gasteiger partial charge >= 0.3 is 6.18 Å². The van der Waals surface area contributed by atoms with E-state index in [4.69, 9.17) is 4.98 Å². The normalized spacial score (nSPS) is 17.7.